The molecule has 0 spiro atoms. The number of carbonyl (C=O) groups is 1. The molecule has 1 saturated heterocycles. The normalized spacial score (nSPS) is 14.4. The molecule has 6 nitrogen and oxygen atoms in total. The van der Waals surface area contributed by atoms with Crippen molar-refractivity contribution in [2.24, 2.45) is 5.92 Å². The predicted octanol–water partition coefficient (Wildman–Crippen LogP) is 3.14. The lowest BCUT2D eigenvalue weighted by molar-refractivity contribution is 0.0686. The van der Waals surface area contributed by atoms with Crippen LogP contribution in [0, 0.1) is 5.92 Å². The maximum atomic E-state index is 13.0. The molecule has 0 saturated carbocycles. The monoisotopic (exact) mass is 413 g/mol. The number of likely N-dealkylation sites (tertiary alicyclic amines) is 1. The molecule has 0 unspecified atom stereocenters. The van der Waals surface area contributed by atoms with E-state index in [2.05, 4.69) is 22.3 Å². The number of nitrogens with zero attached hydrogens (tertiary/aromatic N) is 4. The summed E-state index contributed by atoms with van der Waals surface area (Å²) in [6.45, 7) is 4.78. The average molecular weight is 414 g/mol. The zero-order valence-electron chi connectivity index (χ0n) is 15.9. The van der Waals surface area contributed by atoms with Gasteiger partial charge in [-0.15, -0.1) is 24.8 Å². The second-order valence-electron chi connectivity index (χ2n) is 6.59. The first kappa shape index (κ1) is 23.4. The van der Waals surface area contributed by atoms with E-state index >= 15 is 0 Å². The molecule has 2 aromatic rings. The Morgan fingerprint density at radius 1 is 1.26 bits per heavy atom. The van der Waals surface area contributed by atoms with Gasteiger partial charge in [0.05, 0.1) is 17.5 Å². The zero-order chi connectivity index (χ0) is 17.6. The van der Waals surface area contributed by atoms with Gasteiger partial charge in [0.1, 0.15) is 0 Å². The van der Waals surface area contributed by atoms with Crippen LogP contribution in [0.1, 0.15) is 42.2 Å². The van der Waals surface area contributed by atoms with Gasteiger partial charge >= 0.3 is 0 Å². The van der Waals surface area contributed by atoms with Gasteiger partial charge in [0, 0.05) is 19.3 Å². The van der Waals surface area contributed by atoms with Gasteiger partial charge in [-0.3, -0.25) is 4.79 Å². The molecule has 1 aliphatic rings. The first-order chi connectivity index (χ1) is 12.2. The first-order valence-corrected chi connectivity index (χ1v) is 9.16. The van der Waals surface area contributed by atoms with E-state index in [0.717, 1.165) is 56.3 Å². The number of nitrogens with one attached hydrogen (secondary N) is 1. The molecular weight excluding hydrogens is 385 g/mol. The number of carbonyl (C=O) groups excluding carboxylic acids is 1. The minimum Gasteiger partial charge on any atom is -0.339 e. The minimum atomic E-state index is 0. The Kier molecular flexibility index (Phi) is 9.77. The van der Waals surface area contributed by atoms with E-state index in [1.807, 2.05) is 30.1 Å². The highest BCUT2D eigenvalue weighted by Crippen LogP contribution is 2.23. The smallest absolute Gasteiger partial charge is 0.257 e. The van der Waals surface area contributed by atoms with Crippen molar-refractivity contribution in [2.75, 3.05) is 26.7 Å². The third-order valence-electron chi connectivity index (χ3n) is 5.00. The van der Waals surface area contributed by atoms with Gasteiger partial charge in [-0.25, -0.2) is 9.67 Å². The van der Waals surface area contributed by atoms with E-state index in [1.54, 1.807) is 17.1 Å². The molecule has 3 heterocycles. The van der Waals surface area contributed by atoms with Gasteiger partial charge in [-0.2, -0.15) is 5.10 Å². The van der Waals surface area contributed by atoms with Gasteiger partial charge in [0.2, 0.25) is 0 Å². The standard InChI is InChI=1S/C19H27N5O.2ClH/c1-3-17-16(14-22-24(17)18-6-4-5-10-21-18)19(25)23-12-8-15(9-13-23)7-11-20-2;;/h4-6,10,14-15,20H,3,7-9,11-13H2,1-2H3;2*1H. The van der Waals surface area contributed by atoms with Crippen LogP contribution in [0.25, 0.3) is 5.82 Å². The molecule has 0 aliphatic carbocycles. The third kappa shape index (κ3) is 5.43. The van der Waals surface area contributed by atoms with E-state index in [1.165, 1.54) is 6.42 Å². The van der Waals surface area contributed by atoms with Crippen molar-refractivity contribution < 1.29 is 4.79 Å². The molecule has 150 valence electrons. The predicted molar refractivity (Wildman–Crippen MR) is 112 cm³/mol. The molecule has 0 radical (unpaired) electrons. The number of pyridine rings is 1. The minimum absolute atomic E-state index is 0. The molecular formula is C19H29Cl2N5O. The molecule has 0 aromatic carbocycles. The Morgan fingerprint density at radius 2 is 2.00 bits per heavy atom. The summed E-state index contributed by atoms with van der Waals surface area (Å²) in [4.78, 5) is 19.3. The highest BCUT2D eigenvalue weighted by atomic mass is 35.5. The third-order valence-corrected chi connectivity index (χ3v) is 5.00. The zero-order valence-corrected chi connectivity index (χ0v) is 17.6. The summed E-state index contributed by atoms with van der Waals surface area (Å²) in [5.41, 5.74) is 1.64. The largest absolute Gasteiger partial charge is 0.339 e. The van der Waals surface area contributed by atoms with Crippen LogP contribution < -0.4 is 5.32 Å². The molecule has 0 bridgehead atoms. The Labute approximate surface area is 173 Å². The van der Waals surface area contributed by atoms with E-state index in [4.69, 9.17) is 0 Å². The van der Waals surface area contributed by atoms with Crippen LogP contribution in [-0.2, 0) is 6.42 Å². The molecule has 1 N–H and O–H groups in total. The fourth-order valence-electron chi connectivity index (χ4n) is 3.51. The van der Waals surface area contributed by atoms with Crippen LogP contribution in [0.2, 0.25) is 0 Å². The van der Waals surface area contributed by atoms with Crippen LogP contribution in [0.5, 0.6) is 0 Å². The number of hydrogen-bond acceptors (Lipinski definition) is 4. The number of halogens is 2. The van der Waals surface area contributed by atoms with Crippen molar-refractivity contribution in [3.8, 4) is 5.82 Å². The second kappa shape index (κ2) is 11.3. The lowest BCUT2D eigenvalue weighted by Gasteiger charge is -2.32. The van der Waals surface area contributed by atoms with Crippen molar-refractivity contribution in [2.45, 2.75) is 32.6 Å². The van der Waals surface area contributed by atoms with Crippen LogP contribution in [0.4, 0.5) is 0 Å². The number of hydrogen-bond donors (Lipinski definition) is 1. The Balaban J connectivity index is 0.00000182. The second-order valence-corrected chi connectivity index (χ2v) is 6.59. The summed E-state index contributed by atoms with van der Waals surface area (Å²) in [5, 5.41) is 7.64. The first-order valence-electron chi connectivity index (χ1n) is 9.16. The quantitative estimate of drug-likeness (QED) is 0.789. The van der Waals surface area contributed by atoms with Gasteiger partial charge < -0.3 is 10.2 Å². The van der Waals surface area contributed by atoms with E-state index in [9.17, 15) is 4.79 Å². The summed E-state index contributed by atoms with van der Waals surface area (Å²) in [6.07, 6.45) is 7.55. The van der Waals surface area contributed by atoms with Crippen LogP contribution >= 0.6 is 24.8 Å². The highest BCUT2D eigenvalue weighted by Gasteiger charge is 2.26. The number of rotatable bonds is 6. The Hall–Kier alpha value is -1.63. The highest BCUT2D eigenvalue weighted by molar-refractivity contribution is 5.95. The Morgan fingerprint density at radius 3 is 2.59 bits per heavy atom. The van der Waals surface area contributed by atoms with Crippen LogP contribution in [-0.4, -0.2) is 52.3 Å². The maximum Gasteiger partial charge on any atom is 0.257 e. The Bertz CT molecular complexity index is 699. The molecule has 3 rings (SSSR count). The van der Waals surface area contributed by atoms with Crippen LogP contribution in [0.3, 0.4) is 0 Å². The molecule has 1 aliphatic heterocycles. The van der Waals surface area contributed by atoms with Crippen LogP contribution in [0.15, 0.2) is 30.6 Å². The maximum absolute atomic E-state index is 13.0. The lowest BCUT2D eigenvalue weighted by atomic mass is 9.93. The van der Waals surface area contributed by atoms with Crippen molar-refractivity contribution in [1.82, 2.24) is 25.0 Å². The van der Waals surface area contributed by atoms with Crippen molar-refractivity contribution in [3.63, 3.8) is 0 Å². The fraction of sp³-hybridized carbons (Fsp3) is 0.526. The lowest BCUT2D eigenvalue weighted by Crippen LogP contribution is -2.39. The molecule has 8 heteroatoms. The summed E-state index contributed by atoms with van der Waals surface area (Å²) in [7, 11) is 1.99. The van der Waals surface area contributed by atoms with E-state index < -0.39 is 0 Å². The van der Waals surface area contributed by atoms with Gasteiger partial charge in [0.15, 0.2) is 5.82 Å². The van der Waals surface area contributed by atoms with E-state index in [0.29, 0.717) is 5.56 Å². The summed E-state index contributed by atoms with van der Waals surface area (Å²) >= 11 is 0. The molecule has 0 atom stereocenters. The number of amides is 1. The molecule has 1 fully saturated rings. The van der Waals surface area contributed by atoms with Gasteiger partial charge in [0.25, 0.3) is 5.91 Å². The van der Waals surface area contributed by atoms with Gasteiger partial charge in [-0.1, -0.05) is 13.0 Å². The SMILES string of the molecule is CCc1c(C(=O)N2CCC(CCNC)CC2)cnn1-c1ccccn1.Cl.Cl. The number of aromatic nitrogens is 3. The van der Waals surface area contributed by atoms with Crippen molar-refractivity contribution in [1.29, 1.82) is 0 Å². The van der Waals surface area contributed by atoms with Crippen molar-refractivity contribution >= 4 is 30.7 Å². The fourth-order valence-corrected chi connectivity index (χ4v) is 3.51. The molecule has 1 amide bonds. The number of piperidine rings is 1. The molecule has 2 aromatic heterocycles. The van der Waals surface area contributed by atoms with E-state index in [-0.39, 0.29) is 30.7 Å². The van der Waals surface area contributed by atoms with Gasteiger partial charge in [-0.05, 0) is 57.3 Å². The van der Waals surface area contributed by atoms with Crippen molar-refractivity contribution in [3.05, 3.63) is 41.9 Å². The summed E-state index contributed by atoms with van der Waals surface area (Å²) in [5.74, 6) is 1.58. The summed E-state index contributed by atoms with van der Waals surface area (Å²) in [6, 6.07) is 5.72. The topological polar surface area (TPSA) is 63.1 Å². The average Bonchev–Trinajstić information content (AvgIpc) is 3.11. The summed E-state index contributed by atoms with van der Waals surface area (Å²) < 4.78 is 1.78. The molecule has 27 heavy (non-hydrogen) atoms.